The van der Waals surface area contributed by atoms with Crippen LogP contribution >= 0.6 is 0 Å². The van der Waals surface area contributed by atoms with Crippen LogP contribution in [0.3, 0.4) is 0 Å². The minimum atomic E-state index is -2.47. The Labute approximate surface area is 117 Å². The molecule has 0 unspecified atom stereocenters. The summed E-state index contributed by atoms with van der Waals surface area (Å²) in [6.07, 6.45) is 9.21. The standard InChI is InChI=1S/C5H5.3C3H8N.Ti/c1-2-4-5-3-1;3*1-3-4-2;/h1-5H;3*3H2,1-2H3;/q;3*-1;+3. The van der Waals surface area contributed by atoms with Crippen molar-refractivity contribution in [2.45, 2.75) is 25.0 Å². The number of nitrogens with zero attached hydrogens (tertiary/aromatic N) is 3. The first-order valence-corrected chi connectivity index (χ1v) is 10.0. The van der Waals surface area contributed by atoms with Crippen LogP contribution in [0.15, 0.2) is 24.3 Å². The topological polar surface area (TPSA) is 9.72 Å². The number of allylic oxidation sites excluding steroid dienone is 4. The first-order chi connectivity index (χ1) is 8.55. The third-order valence-corrected chi connectivity index (χ3v) is 13.0. The van der Waals surface area contributed by atoms with Crippen LogP contribution in [0.1, 0.15) is 20.8 Å². The van der Waals surface area contributed by atoms with Gasteiger partial charge in [0.1, 0.15) is 0 Å². The van der Waals surface area contributed by atoms with E-state index in [2.05, 4.69) is 76.4 Å². The zero-order valence-electron chi connectivity index (χ0n) is 12.8. The number of rotatable bonds is 7. The van der Waals surface area contributed by atoms with Crippen LogP contribution < -0.4 is 0 Å². The molecule has 0 aromatic rings. The maximum atomic E-state index is 2.64. The molecule has 3 nitrogen and oxygen atoms in total. The number of hydrogen-bond acceptors (Lipinski definition) is 3. The predicted octanol–water partition coefficient (Wildman–Crippen LogP) is 2.65. The van der Waals surface area contributed by atoms with Crippen molar-refractivity contribution < 1.29 is 17.4 Å². The normalized spacial score (nSPS) is 16.7. The molecule has 104 valence electrons. The Morgan fingerprint density at radius 1 is 0.778 bits per heavy atom. The average molecular weight is 287 g/mol. The number of hydrogen-bond donors (Lipinski definition) is 0. The van der Waals surface area contributed by atoms with Gasteiger partial charge in [0.05, 0.1) is 0 Å². The molecule has 0 bridgehead atoms. The molecular formula is C14H29N3Ti. The van der Waals surface area contributed by atoms with Crippen LogP contribution in [0.4, 0.5) is 0 Å². The quantitative estimate of drug-likeness (QED) is 0.667. The van der Waals surface area contributed by atoms with Crippen molar-refractivity contribution in [1.29, 1.82) is 0 Å². The van der Waals surface area contributed by atoms with Gasteiger partial charge in [0.15, 0.2) is 0 Å². The van der Waals surface area contributed by atoms with Crippen LogP contribution in [0.25, 0.3) is 0 Å². The molecule has 1 aliphatic carbocycles. The molecule has 0 fully saturated rings. The fraction of sp³-hybridized carbons (Fsp3) is 0.714. The molecule has 0 saturated heterocycles. The zero-order chi connectivity index (χ0) is 13.8. The van der Waals surface area contributed by atoms with Crippen LogP contribution in [0.2, 0.25) is 4.22 Å². The summed E-state index contributed by atoms with van der Waals surface area (Å²) in [5.41, 5.74) is 0. The Kier molecular flexibility index (Phi) is 6.29. The second-order valence-electron chi connectivity index (χ2n) is 5.03. The van der Waals surface area contributed by atoms with Crippen LogP contribution in [0, 0.1) is 0 Å². The van der Waals surface area contributed by atoms with E-state index in [1.165, 1.54) is 0 Å². The molecule has 4 heteroatoms. The van der Waals surface area contributed by atoms with Gasteiger partial charge >= 0.3 is 118 Å². The Bertz CT molecular complexity index is 276. The van der Waals surface area contributed by atoms with Gasteiger partial charge in [-0.15, -0.1) is 0 Å². The van der Waals surface area contributed by atoms with Crippen molar-refractivity contribution in [3.63, 3.8) is 0 Å². The van der Waals surface area contributed by atoms with E-state index in [0.717, 1.165) is 19.6 Å². The maximum absolute atomic E-state index is 2.64. The zero-order valence-corrected chi connectivity index (χ0v) is 14.4. The van der Waals surface area contributed by atoms with Crippen LogP contribution in [-0.2, 0) is 17.4 Å². The van der Waals surface area contributed by atoms with E-state index in [1.807, 2.05) is 0 Å². The Morgan fingerprint density at radius 2 is 1.11 bits per heavy atom. The second kappa shape index (κ2) is 7.02. The third kappa shape index (κ3) is 2.66. The molecule has 0 heterocycles. The third-order valence-electron chi connectivity index (χ3n) is 4.30. The van der Waals surface area contributed by atoms with Crippen molar-refractivity contribution in [2.75, 3.05) is 40.8 Å². The average Bonchev–Trinajstić information content (AvgIpc) is 2.92. The van der Waals surface area contributed by atoms with E-state index >= 15 is 0 Å². The van der Waals surface area contributed by atoms with Gasteiger partial charge in [-0.3, -0.25) is 0 Å². The molecule has 0 aliphatic heterocycles. The van der Waals surface area contributed by atoms with Gasteiger partial charge in [0.25, 0.3) is 0 Å². The van der Waals surface area contributed by atoms with Crippen LogP contribution in [0.5, 0.6) is 0 Å². The Morgan fingerprint density at radius 3 is 1.39 bits per heavy atom. The fourth-order valence-electron chi connectivity index (χ4n) is 3.03. The van der Waals surface area contributed by atoms with Gasteiger partial charge in [0.2, 0.25) is 0 Å². The SMILES string of the molecule is CC[N](C)[Ti]([CH]1C=CC=C1)([N](C)CC)[N](C)CC. The Hall–Kier alpha value is 0.0743. The molecule has 0 aromatic heterocycles. The van der Waals surface area contributed by atoms with E-state index in [1.54, 1.807) is 0 Å². The summed E-state index contributed by atoms with van der Waals surface area (Å²) in [5.74, 6) is 0. The Balaban J connectivity index is 3.24. The molecule has 0 radical (unpaired) electrons. The summed E-state index contributed by atoms with van der Waals surface area (Å²) in [4.78, 5) is 0. The molecule has 0 N–H and O–H groups in total. The van der Waals surface area contributed by atoms with Gasteiger partial charge in [-0.1, -0.05) is 0 Å². The summed E-state index contributed by atoms with van der Waals surface area (Å²) in [7, 11) is 6.91. The molecule has 18 heavy (non-hydrogen) atoms. The van der Waals surface area contributed by atoms with Gasteiger partial charge in [0, 0.05) is 0 Å². The van der Waals surface area contributed by atoms with Crippen molar-refractivity contribution in [1.82, 2.24) is 10.1 Å². The van der Waals surface area contributed by atoms with Crippen molar-refractivity contribution >= 4 is 0 Å². The van der Waals surface area contributed by atoms with Crippen molar-refractivity contribution in [3.05, 3.63) is 24.3 Å². The predicted molar refractivity (Wildman–Crippen MR) is 76.9 cm³/mol. The molecule has 0 amide bonds. The summed E-state index contributed by atoms with van der Waals surface area (Å²) in [6, 6.07) is 0. The van der Waals surface area contributed by atoms with E-state index in [-0.39, 0.29) is 0 Å². The molecule has 1 aliphatic rings. The summed E-state index contributed by atoms with van der Waals surface area (Å²) in [5, 5.41) is 0. The van der Waals surface area contributed by atoms with E-state index < -0.39 is 17.4 Å². The van der Waals surface area contributed by atoms with Crippen LogP contribution in [-0.4, -0.2) is 50.9 Å². The molecule has 0 saturated carbocycles. The summed E-state index contributed by atoms with van der Waals surface area (Å²) >= 11 is -2.47. The summed E-state index contributed by atoms with van der Waals surface area (Å²) in [6.45, 7) is 10.2. The van der Waals surface area contributed by atoms with Gasteiger partial charge in [-0.25, -0.2) is 0 Å². The van der Waals surface area contributed by atoms with Gasteiger partial charge < -0.3 is 0 Å². The first-order valence-electron chi connectivity index (χ1n) is 7.04. The summed E-state index contributed by atoms with van der Waals surface area (Å²) < 4.78 is 8.51. The molecular weight excluding hydrogens is 258 g/mol. The monoisotopic (exact) mass is 287 g/mol. The van der Waals surface area contributed by atoms with E-state index in [9.17, 15) is 0 Å². The molecule has 0 aromatic carbocycles. The molecule has 0 spiro atoms. The van der Waals surface area contributed by atoms with Crippen molar-refractivity contribution in [3.8, 4) is 0 Å². The minimum absolute atomic E-state index is 0.602. The van der Waals surface area contributed by atoms with Gasteiger partial charge in [-0.2, -0.15) is 0 Å². The second-order valence-corrected chi connectivity index (χ2v) is 11.8. The van der Waals surface area contributed by atoms with E-state index in [0.29, 0.717) is 4.22 Å². The molecule has 0 atom stereocenters. The van der Waals surface area contributed by atoms with Crippen molar-refractivity contribution in [2.24, 2.45) is 0 Å². The fourth-order valence-corrected chi connectivity index (χ4v) is 11.5. The first kappa shape index (κ1) is 16.1. The van der Waals surface area contributed by atoms with Gasteiger partial charge in [-0.05, 0) is 0 Å². The molecule has 1 rings (SSSR count). The van der Waals surface area contributed by atoms with E-state index in [4.69, 9.17) is 0 Å².